The average Bonchev–Trinajstić information content (AvgIpc) is 2.97. The molecule has 110 valence electrons. The zero-order chi connectivity index (χ0) is 15.4. The van der Waals surface area contributed by atoms with Gasteiger partial charge in [0.25, 0.3) is 0 Å². The van der Waals surface area contributed by atoms with Crippen LogP contribution in [0.5, 0.6) is 0 Å². The summed E-state index contributed by atoms with van der Waals surface area (Å²) in [5, 5.41) is 6.33. The van der Waals surface area contributed by atoms with Crippen LogP contribution in [0.15, 0.2) is 70.1 Å². The summed E-state index contributed by atoms with van der Waals surface area (Å²) in [6.45, 7) is 0. The lowest BCUT2D eigenvalue weighted by Crippen LogP contribution is -2.11. The van der Waals surface area contributed by atoms with E-state index in [0.717, 1.165) is 5.56 Å². The van der Waals surface area contributed by atoms with Crippen molar-refractivity contribution in [2.45, 2.75) is 0 Å². The van der Waals surface area contributed by atoms with E-state index in [1.165, 1.54) is 17.4 Å². The van der Waals surface area contributed by atoms with E-state index in [1.807, 2.05) is 41.8 Å². The molecule has 0 bridgehead atoms. The highest BCUT2D eigenvalue weighted by Crippen LogP contribution is 2.23. The smallest absolute Gasteiger partial charge is 0.205 e. The molecule has 0 fully saturated rings. The summed E-state index contributed by atoms with van der Waals surface area (Å²) < 4.78 is 15.7. The minimum absolute atomic E-state index is 0.272. The summed E-state index contributed by atoms with van der Waals surface area (Å²) in [6, 6.07) is 16.4. The van der Waals surface area contributed by atoms with Gasteiger partial charge < -0.3 is 0 Å². The van der Waals surface area contributed by atoms with Crippen LogP contribution in [-0.4, -0.2) is 17.9 Å². The van der Waals surface area contributed by atoms with Crippen molar-refractivity contribution in [2.24, 2.45) is 10.1 Å². The zero-order valence-corrected chi connectivity index (χ0v) is 12.8. The quantitative estimate of drug-likeness (QED) is 0.659. The molecule has 1 aromatic heterocycles. The van der Waals surface area contributed by atoms with Crippen LogP contribution in [0, 0.1) is 5.82 Å². The van der Waals surface area contributed by atoms with Crippen molar-refractivity contribution in [2.75, 3.05) is 7.05 Å². The Morgan fingerprint density at radius 3 is 2.50 bits per heavy atom. The second-order valence-corrected chi connectivity index (χ2v) is 5.41. The van der Waals surface area contributed by atoms with Crippen molar-refractivity contribution in [3.05, 3.63) is 76.2 Å². The van der Waals surface area contributed by atoms with E-state index < -0.39 is 0 Å². The molecule has 0 amide bonds. The maximum Gasteiger partial charge on any atom is 0.205 e. The molecule has 0 saturated carbocycles. The Labute approximate surface area is 131 Å². The second-order valence-electron chi connectivity index (χ2n) is 4.57. The van der Waals surface area contributed by atoms with Crippen LogP contribution in [0.4, 0.5) is 4.39 Å². The van der Waals surface area contributed by atoms with Crippen LogP contribution in [-0.2, 0) is 0 Å². The number of halogens is 1. The SMILES string of the molecule is CN=c1scc(-c2ccccc2F)n1N=Cc1ccccc1. The van der Waals surface area contributed by atoms with Crippen LogP contribution >= 0.6 is 11.3 Å². The molecule has 3 rings (SSSR count). The van der Waals surface area contributed by atoms with Gasteiger partial charge in [0.15, 0.2) is 0 Å². The van der Waals surface area contributed by atoms with Crippen molar-refractivity contribution in [3.8, 4) is 11.3 Å². The Bertz CT molecular complexity index is 863. The van der Waals surface area contributed by atoms with Crippen molar-refractivity contribution < 1.29 is 4.39 Å². The van der Waals surface area contributed by atoms with E-state index in [0.29, 0.717) is 16.1 Å². The lowest BCUT2D eigenvalue weighted by Gasteiger charge is -2.04. The van der Waals surface area contributed by atoms with E-state index in [4.69, 9.17) is 0 Å². The molecule has 3 aromatic rings. The van der Waals surface area contributed by atoms with Gasteiger partial charge in [-0.2, -0.15) is 5.10 Å². The van der Waals surface area contributed by atoms with Crippen LogP contribution in [0.25, 0.3) is 11.3 Å². The molecule has 0 aliphatic carbocycles. The topological polar surface area (TPSA) is 29.6 Å². The Morgan fingerprint density at radius 2 is 1.77 bits per heavy atom. The molecule has 0 aliphatic heterocycles. The molecule has 0 spiro atoms. The Kier molecular flexibility index (Phi) is 4.25. The van der Waals surface area contributed by atoms with Crippen LogP contribution in [0.3, 0.4) is 0 Å². The summed E-state index contributed by atoms with van der Waals surface area (Å²) in [6.07, 6.45) is 1.74. The predicted molar refractivity (Wildman–Crippen MR) is 88.6 cm³/mol. The van der Waals surface area contributed by atoms with Gasteiger partial charge in [-0.15, -0.1) is 11.3 Å². The maximum absolute atomic E-state index is 14.0. The zero-order valence-electron chi connectivity index (χ0n) is 12.0. The van der Waals surface area contributed by atoms with Gasteiger partial charge in [-0.05, 0) is 17.7 Å². The number of nitrogens with zero attached hydrogens (tertiary/aromatic N) is 3. The first kappa shape index (κ1) is 14.4. The standard InChI is InChI=1S/C17H14FN3S/c1-19-17-21(20-11-13-7-3-2-4-8-13)16(12-22-17)14-9-5-6-10-15(14)18/h2-12H,1H3. The monoisotopic (exact) mass is 311 g/mol. The third-order valence-electron chi connectivity index (χ3n) is 3.15. The number of rotatable bonds is 3. The summed E-state index contributed by atoms with van der Waals surface area (Å²) in [7, 11) is 1.70. The number of benzene rings is 2. The Morgan fingerprint density at radius 1 is 1.05 bits per heavy atom. The molecule has 0 atom stereocenters. The van der Waals surface area contributed by atoms with Gasteiger partial charge in [0.05, 0.1) is 11.9 Å². The molecule has 0 N–H and O–H groups in total. The van der Waals surface area contributed by atoms with E-state index in [-0.39, 0.29) is 5.82 Å². The first-order valence-electron chi connectivity index (χ1n) is 6.77. The van der Waals surface area contributed by atoms with E-state index in [2.05, 4.69) is 10.1 Å². The minimum Gasteiger partial charge on any atom is -0.261 e. The number of aromatic nitrogens is 1. The Balaban J connectivity index is 2.10. The third kappa shape index (κ3) is 2.89. The van der Waals surface area contributed by atoms with Crippen molar-refractivity contribution in [3.63, 3.8) is 0 Å². The molecule has 2 aromatic carbocycles. The summed E-state index contributed by atoms with van der Waals surface area (Å²) in [4.78, 5) is 4.92. The molecule has 0 unspecified atom stereocenters. The largest absolute Gasteiger partial charge is 0.261 e. The van der Waals surface area contributed by atoms with E-state index in [9.17, 15) is 4.39 Å². The first-order valence-corrected chi connectivity index (χ1v) is 7.65. The summed E-state index contributed by atoms with van der Waals surface area (Å²) in [5.41, 5.74) is 2.18. The fraction of sp³-hybridized carbons (Fsp3) is 0.0588. The second kappa shape index (κ2) is 6.49. The molecule has 0 radical (unpaired) electrons. The molecule has 22 heavy (non-hydrogen) atoms. The lowest BCUT2D eigenvalue weighted by atomic mass is 10.1. The first-order chi connectivity index (χ1) is 10.8. The van der Waals surface area contributed by atoms with Crippen molar-refractivity contribution in [1.29, 1.82) is 0 Å². The molecular formula is C17H14FN3S. The highest BCUT2D eigenvalue weighted by Gasteiger charge is 2.10. The van der Waals surface area contributed by atoms with E-state index >= 15 is 0 Å². The lowest BCUT2D eigenvalue weighted by molar-refractivity contribution is 0.629. The van der Waals surface area contributed by atoms with Crippen LogP contribution in [0.2, 0.25) is 0 Å². The molecule has 0 aliphatic rings. The molecule has 3 nitrogen and oxygen atoms in total. The van der Waals surface area contributed by atoms with Gasteiger partial charge in [-0.25, -0.2) is 9.07 Å². The molecule has 1 heterocycles. The highest BCUT2D eigenvalue weighted by molar-refractivity contribution is 7.07. The average molecular weight is 311 g/mol. The van der Waals surface area contributed by atoms with Crippen LogP contribution < -0.4 is 4.80 Å². The van der Waals surface area contributed by atoms with Gasteiger partial charge in [0, 0.05) is 18.0 Å². The van der Waals surface area contributed by atoms with Gasteiger partial charge in [0.2, 0.25) is 4.80 Å². The van der Waals surface area contributed by atoms with Crippen molar-refractivity contribution in [1.82, 2.24) is 4.68 Å². The fourth-order valence-corrected chi connectivity index (χ4v) is 2.88. The maximum atomic E-state index is 14.0. The normalized spacial score (nSPS) is 12.2. The van der Waals surface area contributed by atoms with Crippen LogP contribution in [0.1, 0.15) is 5.56 Å². The van der Waals surface area contributed by atoms with Gasteiger partial charge in [0.1, 0.15) is 5.82 Å². The molecule has 0 saturated heterocycles. The van der Waals surface area contributed by atoms with Crippen molar-refractivity contribution >= 4 is 17.6 Å². The minimum atomic E-state index is -0.272. The third-order valence-corrected chi connectivity index (χ3v) is 4.06. The van der Waals surface area contributed by atoms with Gasteiger partial charge in [-0.3, -0.25) is 4.99 Å². The van der Waals surface area contributed by atoms with Gasteiger partial charge in [-0.1, -0.05) is 42.5 Å². The fourth-order valence-electron chi connectivity index (χ4n) is 2.08. The summed E-state index contributed by atoms with van der Waals surface area (Å²) >= 11 is 1.43. The highest BCUT2D eigenvalue weighted by atomic mass is 32.1. The number of hydrogen-bond donors (Lipinski definition) is 0. The Hall–Kier alpha value is -2.53. The van der Waals surface area contributed by atoms with Gasteiger partial charge >= 0.3 is 0 Å². The summed E-state index contributed by atoms with van der Waals surface area (Å²) in [5.74, 6) is -0.272. The number of thiazole rings is 1. The van der Waals surface area contributed by atoms with E-state index in [1.54, 1.807) is 30.1 Å². The number of hydrogen-bond acceptors (Lipinski definition) is 3. The molecular weight excluding hydrogens is 297 g/mol. The predicted octanol–water partition coefficient (Wildman–Crippen LogP) is 3.77. The molecule has 5 heteroatoms.